The zero-order chi connectivity index (χ0) is 20.6. The maximum atomic E-state index is 12.8. The van der Waals surface area contributed by atoms with Crippen LogP contribution in [0.3, 0.4) is 0 Å². The molecule has 4 aromatic rings. The highest BCUT2D eigenvalue weighted by molar-refractivity contribution is 6.03. The van der Waals surface area contributed by atoms with E-state index in [-0.39, 0.29) is 11.6 Å². The number of hydrogen-bond acceptors (Lipinski definition) is 6. The van der Waals surface area contributed by atoms with Crippen LogP contribution in [0.5, 0.6) is 11.5 Å². The fourth-order valence-electron chi connectivity index (χ4n) is 2.71. The minimum Gasteiger partial charge on any atom is -0.455 e. The fourth-order valence-corrected chi connectivity index (χ4v) is 2.71. The number of rotatable bonds is 7. The molecule has 7 nitrogen and oxygen atoms in total. The molecule has 148 valence electrons. The van der Waals surface area contributed by atoms with Crippen molar-refractivity contribution in [3.8, 4) is 11.5 Å². The molecule has 0 radical (unpaired) electrons. The van der Waals surface area contributed by atoms with Crippen LogP contribution in [0.1, 0.15) is 16.1 Å². The molecule has 2 heterocycles. The molecule has 1 amide bonds. The zero-order valence-corrected chi connectivity index (χ0v) is 16.0. The van der Waals surface area contributed by atoms with E-state index in [2.05, 4.69) is 25.6 Å². The smallest absolute Gasteiger partial charge is 0.274 e. The molecule has 0 atom stereocenters. The van der Waals surface area contributed by atoms with Gasteiger partial charge in [0.25, 0.3) is 5.91 Å². The second-order valence-electron chi connectivity index (χ2n) is 6.35. The first-order valence-electron chi connectivity index (χ1n) is 9.37. The van der Waals surface area contributed by atoms with E-state index in [1.54, 1.807) is 36.8 Å². The first-order valence-corrected chi connectivity index (χ1v) is 9.37. The third kappa shape index (κ3) is 4.96. The molecule has 0 fully saturated rings. The Morgan fingerprint density at radius 3 is 2.57 bits per heavy atom. The van der Waals surface area contributed by atoms with Crippen LogP contribution in [-0.4, -0.2) is 20.9 Å². The van der Waals surface area contributed by atoms with Crippen molar-refractivity contribution in [3.63, 3.8) is 0 Å². The van der Waals surface area contributed by atoms with Crippen molar-refractivity contribution in [3.05, 3.63) is 103 Å². The Bertz CT molecular complexity index is 1120. The number of aromatic nitrogens is 3. The van der Waals surface area contributed by atoms with Crippen molar-refractivity contribution < 1.29 is 9.53 Å². The van der Waals surface area contributed by atoms with Crippen LogP contribution >= 0.6 is 0 Å². The number of carbonyl (C=O) groups is 1. The van der Waals surface area contributed by atoms with Gasteiger partial charge >= 0.3 is 0 Å². The first-order chi connectivity index (χ1) is 14.8. The van der Waals surface area contributed by atoms with Gasteiger partial charge in [-0.1, -0.05) is 36.4 Å². The van der Waals surface area contributed by atoms with Gasteiger partial charge < -0.3 is 15.4 Å². The predicted octanol–water partition coefficient (Wildman–Crippen LogP) is 4.53. The number of benzene rings is 2. The van der Waals surface area contributed by atoms with Crippen molar-refractivity contribution in [2.45, 2.75) is 6.54 Å². The van der Waals surface area contributed by atoms with Gasteiger partial charge in [0.05, 0.1) is 5.69 Å². The van der Waals surface area contributed by atoms with E-state index < -0.39 is 0 Å². The molecule has 0 saturated heterocycles. The Balaban J connectivity index is 1.45. The number of nitrogens with one attached hydrogen (secondary N) is 2. The van der Waals surface area contributed by atoms with Crippen molar-refractivity contribution in [1.29, 1.82) is 0 Å². The maximum absolute atomic E-state index is 12.8. The number of anilines is 2. The average Bonchev–Trinajstić information content (AvgIpc) is 2.80. The molecule has 4 rings (SSSR count). The lowest BCUT2D eigenvalue weighted by Crippen LogP contribution is -2.15. The normalized spacial score (nSPS) is 10.3. The summed E-state index contributed by atoms with van der Waals surface area (Å²) in [5, 5.41) is 5.95. The quantitative estimate of drug-likeness (QED) is 0.476. The summed E-state index contributed by atoms with van der Waals surface area (Å²) in [6.07, 6.45) is 5.01. The third-order valence-electron chi connectivity index (χ3n) is 4.17. The number of nitrogens with zero attached hydrogens (tertiary/aromatic N) is 3. The minimum atomic E-state index is -0.356. The summed E-state index contributed by atoms with van der Waals surface area (Å²) in [6, 6.07) is 22.0. The van der Waals surface area contributed by atoms with E-state index in [9.17, 15) is 4.79 Å². The van der Waals surface area contributed by atoms with Gasteiger partial charge in [-0.2, -0.15) is 0 Å². The molecule has 2 aromatic carbocycles. The Morgan fingerprint density at radius 2 is 1.73 bits per heavy atom. The van der Waals surface area contributed by atoms with Gasteiger partial charge in [-0.25, -0.2) is 9.97 Å². The Labute approximate surface area is 173 Å². The highest BCUT2D eigenvalue weighted by Crippen LogP contribution is 2.29. The topological polar surface area (TPSA) is 89.0 Å². The number of para-hydroxylation sites is 3. The minimum absolute atomic E-state index is 0.244. The van der Waals surface area contributed by atoms with Crippen molar-refractivity contribution in [2.75, 3.05) is 10.6 Å². The molecular formula is C23H19N5O2. The van der Waals surface area contributed by atoms with Crippen LogP contribution < -0.4 is 15.4 Å². The summed E-state index contributed by atoms with van der Waals surface area (Å²) in [5.41, 5.74) is 1.78. The van der Waals surface area contributed by atoms with Crippen molar-refractivity contribution >= 4 is 17.5 Å². The van der Waals surface area contributed by atoms with Crippen LogP contribution in [0, 0.1) is 0 Å². The lowest BCUT2D eigenvalue weighted by atomic mass is 10.2. The van der Waals surface area contributed by atoms with Gasteiger partial charge in [0.1, 0.15) is 11.4 Å². The number of ether oxygens (including phenoxy) is 1. The Kier molecular flexibility index (Phi) is 5.91. The van der Waals surface area contributed by atoms with Crippen LogP contribution in [0.15, 0.2) is 91.4 Å². The SMILES string of the molecule is O=C(Nc1ccccc1Oc1ccccc1)c1ccnc(NCc2cccnc2)n1. The first kappa shape index (κ1) is 19.1. The van der Waals surface area contributed by atoms with E-state index in [0.29, 0.717) is 29.7 Å². The van der Waals surface area contributed by atoms with Gasteiger partial charge in [0.2, 0.25) is 5.95 Å². The number of hydrogen-bond donors (Lipinski definition) is 2. The van der Waals surface area contributed by atoms with Crippen molar-refractivity contribution in [1.82, 2.24) is 15.0 Å². The standard InChI is InChI=1S/C23H19N5O2/c29-22(20-12-14-25-23(28-20)26-16-17-7-6-13-24-15-17)27-19-10-4-5-11-21(19)30-18-8-2-1-3-9-18/h1-15H,16H2,(H,27,29)(H,25,26,28). The third-order valence-corrected chi connectivity index (χ3v) is 4.17. The summed E-state index contributed by atoms with van der Waals surface area (Å²) in [5.74, 6) is 1.23. The molecule has 0 saturated carbocycles. The lowest BCUT2D eigenvalue weighted by Gasteiger charge is -2.12. The highest BCUT2D eigenvalue weighted by Gasteiger charge is 2.12. The molecule has 0 aliphatic carbocycles. The Hall–Kier alpha value is -4.26. The molecule has 2 aromatic heterocycles. The molecule has 0 aliphatic rings. The monoisotopic (exact) mass is 397 g/mol. The van der Waals surface area contributed by atoms with Gasteiger partial charge in [-0.05, 0) is 42.0 Å². The number of pyridine rings is 1. The van der Waals surface area contributed by atoms with Gasteiger partial charge in [0.15, 0.2) is 5.75 Å². The zero-order valence-electron chi connectivity index (χ0n) is 16.0. The molecule has 0 spiro atoms. The molecule has 30 heavy (non-hydrogen) atoms. The molecule has 2 N–H and O–H groups in total. The summed E-state index contributed by atoms with van der Waals surface area (Å²) in [6.45, 7) is 0.507. The number of amides is 1. The molecular weight excluding hydrogens is 378 g/mol. The van der Waals surface area contributed by atoms with E-state index >= 15 is 0 Å². The van der Waals surface area contributed by atoms with E-state index in [1.807, 2.05) is 54.6 Å². The Morgan fingerprint density at radius 1 is 0.900 bits per heavy atom. The second kappa shape index (κ2) is 9.29. The highest BCUT2D eigenvalue weighted by atomic mass is 16.5. The van der Waals surface area contributed by atoms with Crippen LogP contribution in [-0.2, 0) is 6.54 Å². The molecule has 0 bridgehead atoms. The van der Waals surface area contributed by atoms with Crippen LogP contribution in [0.4, 0.5) is 11.6 Å². The van der Waals surface area contributed by atoms with Gasteiger partial charge in [-0.15, -0.1) is 0 Å². The van der Waals surface area contributed by atoms with E-state index in [1.165, 1.54) is 0 Å². The average molecular weight is 397 g/mol. The van der Waals surface area contributed by atoms with Crippen LogP contribution in [0.25, 0.3) is 0 Å². The van der Waals surface area contributed by atoms with Gasteiger partial charge in [-0.3, -0.25) is 9.78 Å². The van der Waals surface area contributed by atoms with E-state index in [4.69, 9.17) is 4.74 Å². The number of carbonyl (C=O) groups excluding carboxylic acids is 1. The lowest BCUT2D eigenvalue weighted by molar-refractivity contribution is 0.102. The fraction of sp³-hybridized carbons (Fsp3) is 0.0435. The predicted molar refractivity (Wildman–Crippen MR) is 115 cm³/mol. The second-order valence-corrected chi connectivity index (χ2v) is 6.35. The molecule has 0 aliphatic heterocycles. The summed E-state index contributed by atoms with van der Waals surface area (Å²) in [7, 11) is 0. The largest absolute Gasteiger partial charge is 0.455 e. The van der Waals surface area contributed by atoms with Crippen molar-refractivity contribution in [2.24, 2.45) is 0 Å². The van der Waals surface area contributed by atoms with E-state index in [0.717, 1.165) is 5.56 Å². The van der Waals surface area contributed by atoms with Gasteiger partial charge in [0, 0.05) is 25.1 Å². The van der Waals surface area contributed by atoms with Crippen LogP contribution in [0.2, 0.25) is 0 Å². The maximum Gasteiger partial charge on any atom is 0.274 e. The molecule has 0 unspecified atom stereocenters. The summed E-state index contributed by atoms with van der Waals surface area (Å²) < 4.78 is 5.89. The summed E-state index contributed by atoms with van der Waals surface area (Å²) in [4.78, 5) is 25.3. The molecule has 7 heteroatoms. The summed E-state index contributed by atoms with van der Waals surface area (Å²) >= 11 is 0.